The van der Waals surface area contributed by atoms with Crippen LogP contribution in [0.25, 0.3) is 0 Å². The van der Waals surface area contributed by atoms with Crippen molar-refractivity contribution in [3.05, 3.63) is 41.6 Å². The number of aliphatic imine (C=N–C) groups is 2. The fourth-order valence-corrected chi connectivity index (χ4v) is 3.95. The van der Waals surface area contributed by atoms with Gasteiger partial charge in [-0.25, -0.2) is 0 Å². The summed E-state index contributed by atoms with van der Waals surface area (Å²) in [5.41, 5.74) is 1.56. The van der Waals surface area contributed by atoms with Gasteiger partial charge in [-0.05, 0) is 36.3 Å². The monoisotopic (exact) mass is 395 g/mol. The van der Waals surface area contributed by atoms with E-state index in [0.717, 1.165) is 11.1 Å². The Balaban J connectivity index is 1.84. The SMILES string of the molecule is COc1cc(C2CC(=O)N=C3C2C(=O)N=C2C(C)=CC=CN23)cc(OC)c1OC. The summed E-state index contributed by atoms with van der Waals surface area (Å²) >= 11 is 0. The van der Waals surface area contributed by atoms with E-state index in [2.05, 4.69) is 9.98 Å². The molecule has 4 rings (SSSR count). The molecule has 0 spiro atoms. The van der Waals surface area contributed by atoms with Crippen LogP contribution in [0.5, 0.6) is 17.2 Å². The van der Waals surface area contributed by atoms with Crippen molar-refractivity contribution in [3.63, 3.8) is 0 Å². The van der Waals surface area contributed by atoms with Crippen LogP contribution in [0.1, 0.15) is 24.8 Å². The first-order chi connectivity index (χ1) is 14.0. The van der Waals surface area contributed by atoms with E-state index < -0.39 is 11.8 Å². The standard InChI is InChI=1S/C21H21N3O5/c1-11-6-5-7-24-19(11)23-21(26)17-13(10-16(25)22-20(17)24)12-8-14(27-2)18(29-4)15(9-12)28-3/h5-9,13,17H,10H2,1-4H3. The van der Waals surface area contributed by atoms with Crippen molar-refractivity contribution >= 4 is 23.5 Å². The van der Waals surface area contributed by atoms with E-state index in [9.17, 15) is 9.59 Å². The smallest absolute Gasteiger partial charge is 0.259 e. The molecule has 8 nitrogen and oxygen atoms in total. The third-order valence-corrected chi connectivity index (χ3v) is 5.32. The Labute approximate surface area is 168 Å². The number of nitrogens with zero attached hydrogens (tertiary/aromatic N) is 3. The first kappa shape index (κ1) is 18.9. The van der Waals surface area contributed by atoms with Crippen LogP contribution >= 0.6 is 0 Å². The minimum absolute atomic E-state index is 0.0930. The van der Waals surface area contributed by atoms with Crippen molar-refractivity contribution in [2.75, 3.05) is 21.3 Å². The average Bonchev–Trinajstić information content (AvgIpc) is 2.72. The molecule has 8 heteroatoms. The molecule has 29 heavy (non-hydrogen) atoms. The van der Waals surface area contributed by atoms with Crippen LogP contribution in [0, 0.1) is 5.92 Å². The lowest BCUT2D eigenvalue weighted by Gasteiger charge is -2.38. The highest BCUT2D eigenvalue weighted by molar-refractivity contribution is 6.25. The zero-order valence-electron chi connectivity index (χ0n) is 16.6. The van der Waals surface area contributed by atoms with Gasteiger partial charge >= 0.3 is 0 Å². The van der Waals surface area contributed by atoms with Crippen LogP contribution in [-0.2, 0) is 9.59 Å². The molecule has 1 aromatic rings. The summed E-state index contributed by atoms with van der Waals surface area (Å²) in [6, 6.07) is 3.54. The minimum atomic E-state index is -0.671. The van der Waals surface area contributed by atoms with Crippen molar-refractivity contribution < 1.29 is 23.8 Å². The predicted octanol–water partition coefficient (Wildman–Crippen LogP) is 2.46. The van der Waals surface area contributed by atoms with Gasteiger partial charge in [0, 0.05) is 18.5 Å². The molecule has 0 N–H and O–H groups in total. The van der Waals surface area contributed by atoms with Crippen LogP contribution in [-0.4, -0.2) is 49.7 Å². The summed E-state index contributed by atoms with van der Waals surface area (Å²) in [6.45, 7) is 1.87. The fraction of sp³-hybridized carbons (Fsp3) is 0.333. The number of amides is 2. The number of hydrogen-bond acceptors (Lipinski definition) is 6. The molecule has 2 atom stereocenters. The molecule has 0 radical (unpaired) electrons. The Kier molecular flexibility index (Phi) is 4.70. The molecule has 150 valence electrons. The molecule has 0 aromatic heterocycles. The number of hydrogen-bond donors (Lipinski definition) is 0. The number of carbonyl (C=O) groups is 2. The summed E-state index contributed by atoms with van der Waals surface area (Å²) in [5.74, 6) is 0.559. The van der Waals surface area contributed by atoms with Crippen molar-refractivity contribution in [1.82, 2.24) is 4.90 Å². The number of amidine groups is 2. The van der Waals surface area contributed by atoms with Gasteiger partial charge in [0.2, 0.25) is 11.7 Å². The molecule has 2 unspecified atom stereocenters. The van der Waals surface area contributed by atoms with Crippen LogP contribution in [0.2, 0.25) is 0 Å². The summed E-state index contributed by atoms with van der Waals surface area (Å²) in [6.07, 6.45) is 5.58. The third-order valence-electron chi connectivity index (χ3n) is 5.32. The van der Waals surface area contributed by atoms with Crippen molar-refractivity contribution in [3.8, 4) is 17.2 Å². The topological polar surface area (TPSA) is 89.8 Å². The quantitative estimate of drug-likeness (QED) is 0.778. The second-order valence-electron chi connectivity index (χ2n) is 6.95. The number of methoxy groups -OCH3 is 3. The Morgan fingerprint density at radius 2 is 1.72 bits per heavy atom. The lowest BCUT2D eigenvalue weighted by Crippen LogP contribution is -2.50. The molecule has 0 aliphatic carbocycles. The molecule has 3 heterocycles. The predicted molar refractivity (Wildman–Crippen MR) is 107 cm³/mol. The van der Waals surface area contributed by atoms with Crippen LogP contribution < -0.4 is 14.2 Å². The van der Waals surface area contributed by atoms with Gasteiger partial charge in [-0.15, -0.1) is 0 Å². The maximum Gasteiger partial charge on any atom is 0.259 e. The number of carbonyl (C=O) groups excluding carboxylic acids is 2. The van der Waals surface area contributed by atoms with Crippen LogP contribution in [0.15, 0.2) is 46.0 Å². The second kappa shape index (κ2) is 7.20. The highest BCUT2D eigenvalue weighted by atomic mass is 16.5. The second-order valence-corrected chi connectivity index (χ2v) is 6.95. The average molecular weight is 395 g/mol. The van der Waals surface area contributed by atoms with E-state index in [-0.39, 0.29) is 18.2 Å². The van der Waals surface area contributed by atoms with E-state index in [1.54, 1.807) is 23.2 Å². The van der Waals surface area contributed by atoms with E-state index in [1.807, 2.05) is 19.1 Å². The highest BCUT2D eigenvalue weighted by Gasteiger charge is 2.45. The summed E-state index contributed by atoms with van der Waals surface area (Å²) in [7, 11) is 4.57. The van der Waals surface area contributed by atoms with Gasteiger partial charge in [-0.3, -0.25) is 14.5 Å². The molecule has 0 fully saturated rings. The Bertz CT molecular complexity index is 996. The van der Waals surface area contributed by atoms with E-state index in [1.165, 1.54) is 21.3 Å². The number of benzene rings is 1. The molecule has 0 saturated heterocycles. The van der Waals surface area contributed by atoms with Crippen LogP contribution in [0.4, 0.5) is 0 Å². The number of ether oxygens (including phenoxy) is 3. The largest absolute Gasteiger partial charge is 0.493 e. The zero-order chi connectivity index (χ0) is 20.7. The first-order valence-electron chi connectivity index (χ1n) is 9.17. The molecular formula is C21H21N3O5. The summed E-state index contributed by atoms with van der Waals surface area (Å²) < 4.78 is 16.3. The van der Waals surface area contributed by atoms with E-state index in [0.29, 0.717) is 28.9 Å². The number of rotatable bonds is 4. The van der Waals surface area contributed by atoms with Gasteiger partial charge in [0.05, 0.1) is 21.3 Å². The molecule has 3 aliphatic rings. The Morgan fingerprint density at radius 1 is 1.03 bits per heavy atom. The van der Waals surface area contributed by atoms with E-state index in [4.69, 9.17) is 14.2 Å². The minimum Gasteiger partial charge on any atom is -0.493 e. The van der Waals surface area contributed by atoms with Gasteiger partial charge in [-0.1, -0.05) is 6.08 Å². The van der Waals surface area contributed by atoms with Gasteiger partial charge in [0.15, 0.2) is 11.5 Å². The van der Waals surface area contributed by atoms with Crippen molar-refractivity contribution in [1.29, 1.82) is 0 Å². The Hall–Kier alpha value is -3.42. The van der Waals surface area contributed by atoms with Crippen LogP contribution in [0.3, 0.4) is 0 Å². The van der Waals surface area contributed by atoms with Crippen molar-refractivity contribution in [2.24, 2.45) is 15.9 Å². The number of fused-ring (bicyclic) bond motifs is 3. The van der Waals surface area contributed by atoms with Gasteiger partial charge < -0.3 is 14.2 Å². The lowest BCUT2D eigenvalue weighted by molar-refractivity contribution is -0.122. The highest BCUT2D eigenvalue weighted by Crippen LogP contribution is 2.44. The fourth-order valence-electron chi connectivity index (χ4n) is 3.95. The number of allylic oxidation sites excluding steroid dienone is 2. The molecule has 0 saturated carbocycles. The normalized spacial score (nSPS) is 22.9. The summed E-state index contributed by atoms with van der Waals surface area (Å²) in [5, 5.41) is 0. The van der Waals surface area contributed by atoms with Gasteiger partial charge in [-0.2, -0.15) is 9.98 Å². The summed E-state index contributed by atoms with van der Waals surface area (Å²) in [4.78, 5) is 35.7. The molecular weight excluding hydrogens is 374 g/mol. The lowest BCUT2D eigenvalue weighted by atomic mass is 9.78. The maximum atomic E-state index is 13.0. The van der Waals surface area contributed by atoms with Gasteiger partial charge in [0.1, 0.15) is 17.6 Å². The maximum absolute atomic E-state index is 13.0. The zero-order valence-corrected chi connectivity index (χ0v) is 16.6. The molecule has 0 bridgehead atoms. The molecule has 1 aromatic carbocycles. The van der Waals surface area contributed by atoms with Crippen molar-refractivity contribution in [2.45, 2.75) is 19.3 Å². The van der Waals surface area contributed by atoms with E-state index >= 15 is 0 Å². The Morgan fingerprint density at radius 3 is 2.34 bits per heavy atom. The van der Waals surface area contributed by atoms with Gasteiger partial charge in [0.25, 0.3) is 5.91 Å². The molecule has 3 aliphatic heterocycles. The third kappa shape index (κ3) is 3.00. The first-order valence-corrected chi connectivity index (χ1v) is 9.17. The molecule has 2 amide bonds.